The fraction of sp³-hybridized carbons (Fsp3) is 0.588. The first-order valence-corrected chi connectivity index (χ1v) is 7.86. The molecule has 3 aliphatic rings. The van der Waals surface area contributed by atoms with Crippen molar-refractivity contribution in [3.8, 4) is 0 Å². The van der Waals surface area contributed by atoms with Crippen molar-refractivity contribution in [2.75, 3.05) is 11.9 Å². The molecule has 1 amide bonds. The quantitative estimate of drug-likeness (QED) is 0.783. The molecule has 2 fully saturated rings. The van der Waals surface area contributed by atoms with Crippen LogP contribution in [0.4, 0.5) is 5.69 Å². The smallest absolute Gasteiger partial charge is 0.231 e. The summed E-state index contributed by atoms with van der Waals surface area (Å²) in [6, 6.07) is 10.1. The molecule has 4 rings (SSSR count). The van der Waals surface area contributed by atoms with Crippen LogP contribution in [0.1, 0.15) is 37.7 Å². The number of hydrogen-bond acceptors (Lipinski definition) is 2. The minimum Gasteiger partial charge on any atom is -0.309 e. The number of para-hydroxylation sites is 1. The highest BCUT2D eigenvalue weighted by atomic mass is 16.2. The molecule has 0 N–H and O–H groups in total. The number of piperidine rings is 2. The molecular formula is C17H22N2O. The van der Waals surface area contributed by atoms with E-state index < -0.39 is 0 Å². The van der Waals surface area contributed by atoms with E-state index in [-0.39, 0.29) is 0 Å². The number of carbonyl (C=O) groups is 1. The first kappa shape index (κ1) is 12.4. The zero-order chi connectivity index (χ0) is 13.7. The fourth-order valence-corrected chi connectivity index (χ4v) is 4.48. The van der Waals surface area contributed by atoms with Crippen molar-refractivity contribution in [2.45, 2.75) is 56.7 Å². The van der Waals surface area contributed by atoms with Gasteiger partial charge in [0.2, 0.25) is 5.91 Å². The van der Waals surface area contributed by atoms with Gasteiger partial charge in [0, 0.05) is 23.8 Å². The molecule has 2 saturated heterocycles. The Balaban J connectivity index is 1.64. The van der Waals surface area contributed by atoms with Crippen LogP contribution in [0.25, 0.3) is 0 Å². The van der Waals surface area contributed by atoms with Crippen LogP contribution in [-0.4, -0.2) is 36.0 Å². The van der Waals surface area contributed by atoms with Gasteiger partial charge >= 0.3 is 0 Å². The van der Waals surface area contributed by atoms with Gasteiger partial charge in [-0.25, -0.2) is 0 Å². The predicted molar refractivity (Wildman–Crippen MR) is 79.8 cm³/mol. The van der Waals surface area contributed by atoms with Gasteiger partial charge in [-0.3, -0.25) is 4.79 Å². The molecule has 3 aliphatic heterocycles. The molecule has 0 radical (unpaired) electrons. The van der Waals surface area contributed by atoms with Crippen molar-refractivity contribution < 1.29 is 4.79 Å². The molecule has 3 heterocycles. The van der Waals surface area contributed by atoms with E-state index in [1.165, 1.54) is 30.5 Å². The molecular weight excluding hydrogens is 248 g/mol. The number of amides is 1. The van der Waals surface area contributed by atoms with Crippen molar-refractivity contribution >= 4 is 11.6 Å². The number of anilines is 1. The van der Waals surface area contributed by atoms with Gasteiger partial charge in [-0.2, -0.15) is 0 Å². The number of carbonyl (C=O) groups excluding carboxylic acids is 1. The lowest BCUT2D eigenvalue weighted by atomic mass is 9.81. The van der Waals surface area contributed by atoms with Gasteiger partial charge in [-0.1, -0.05) is 24.6 Å². The van der Waals surface area contributed by atoms with Gasteiger partial charge in [0.15, 0.2) is 0 Å². The second-order valence-electron chi connectivity index (χ2n) is 6.60. The summed E-state index contributed by atoms with van der Waals surface area (Å²) >= 11 is 0. The summed E-state index contributed by atoms with van der Waals surface area (Å²) in [4.78, 5) is 17.1. The first-order chi connectivity index (χ1) is 9.74. The molecule has 1 aromatic carbocycles. The Kier molecular flexibility index (Phi) is 2.84. The molecule has 0 aromatic heterocycles. The summed E-state index contributed by atoms with van der Waals surface area (Å²) in [5, 5.41) is 0. The summed E-state index contributed by atoms with van der Waals surface area (Å²) in [6.07, 6.45) is 6.84. The van der Waals surface area contributed by atoms with Crippen LogP contribution >= 0.6 is 0 Å². The number of benzene rings is 1. The fourth-order valence-electron chi connectivity index (χ4n) is 4.48. The molecule has 3 heteroatoms. The van der Waals surface area contributed by atoms with E-state index in [4.69, 9.17) is 0 Å². The maximum Gasteiger partial charge on any atom is 0.231 e. The average Bonchev–Trinajstić information content (AvgIpc) is 2.74. The largest absolute Gasteiger partial charge is 0.309 e. The highest BCUT2D eigenvalue weighted by Crippen LogP contribution is 2.39. The van der Waals surface area contributed by atoms with E-state index in [0.29, 0.717) is 30.5 Å². The van der Waals surface area contributed by atoms with Crippen LogP contribution in [0.15, 0.2) is 24.3 Å². The third-order valence-electron chi connectivity index (χ3n) is 5.54. The Bertz CT molecular complexity index is 528. The Morgan fingerprint density at radius 3 is 2.50 bits per heavy atom. The number of rotatable bonds is 1. The SMILES string of the molecule is CN1[C@@H]2CCC[C@H]1CC(N1C(=O)Cc3ccccc31)C2. The molecule has 20 heavy (non-hydrogen) atoms. The molecule has 1 unspecified atom stereocenters. The Morgan fingerprint density at radius 1 is 1.05 bits per heavy atom. The third kappa shape index (κ3) is 1.80. The van der Waals surface area contributed by atoms with Gasteiger partial charge < -0.3 is 9.80 Å². The zero-order valence-corrected chi connectivity index (χ0v) is 12.1. The van der Waals surface area contributed by atoms with E-state index in [9.17, 15) is 4.79 Å². The molecule has 1 aromatic rings. The summed E-state index contributed by atoms with van der Waals surface area (Å²) in [6.45, 7) is 0. The maximum atomic E-state index is 12.4. The summed E-state index contributed by atoms with van der Waals surface area (Å²) in [5.74, 6) is 0.304. The van der Waals surface area contributed by atoms with Gasteiger partial charge in [0.05, 0.1) is 6.42 Å². The van der Waals surface area contributed by atoms with Gasteiger partial charge in [0.25, 0.3) is 0 Å². The highest BCUT2D eigenvalue weighted by molar-refractivity contribution is 6.01. The average molecular weight is 270 g/mol. The number of fused-ring (bicyclic) bond motifs is 3. The predicted octanol–water partition coefficient (Wildman–Crippen LogP) is 2.59. The molecule has 0 spiro atoms. The van der Waals surface area contributed by atoms with Crippen molar-refractivity contribution in [1.29, 1.82) is 0 Å². The van der Waals surface area contributed by atoms with Gasteiger partial charge in [-0.05, 0) is 44.4 Å². The molecule has 0 aliphatic carbocycles. The minimum atomic E-state index is 0.304. The lowest BCUT2D eigenvalue weighted by Gasteiger charge is -2.49. The van der Waals surface area contributed by atoms with Crippen molar-refractivity contribution in [3.05, 3.63) is 29.8 Å². The van der Waals surface area contributed by atoms with E-state index in [2.05, 4.69) is 35.0 Å². The Morgan fingerprint density at radius 2 is 1.75 bits per heavy atom. The standard InChI is InChI=1S/C17H22N2O/c1-18-13-6-4-7-14(18)11-15(10-13)19-16-8-3-2-5-12(16)9-17(19)20/h2-3,5,8,13-15H,4,6-7,9-11H2,1H3/t13-,14+,15?. The second kappa shape index (κ2) is 4.59. The third-order valence-corrected chi connectivity index (χ3v) is 5.54. The summed E-state index contributed by atoms with van der Waals surface area (Å²) in [5.41, 5.74) is 2.38. The van der Waals surface area contributed by atoms with E-state index in [1.807, 2.05) is 6.07 Å². The Labute approximate surface area is 120 Å². The zero-order valence-electron chi connectivity index (χ0n) is 12.1. The van der Waals surface area contributed by atoms with Crippen LogP contribution in [0.2, 0.25) is 0 Å². The molecule has 0 saturated carbocycles. The van der Waals surface area contributed by atoms with E-state index >= 15 is 0 Å². The highest BCUT2D eigenvalue weighted by Gasteiger charge is 2.41. The molecule has 3 nitrogen and oxygen atoms in total. The van der Waals surface area contributed by atoms with Crippen LogP contribution < -0.4 is 4.90 Å². The number of nitrogens with zero attached hydrogens (tertiary/aromatic N) is 2. The maximum absolute atomic E-state index is 12.4. The monoisotopic (exact) mass is 270 g/mol. The van der Waals surface area contributed by atoms with Crippen LogP contribution in [0.5, 0.6) is 0 Å². The van der Waals surface area contributed by atoms with E-state index in [0.717, 1.165) is 12.8 Å². The molecule has 3 atom stereocenters. The van der Waals surface area contributed by atoms with Crippen molar-refractivity contribution in [1.82, 2.24) is 4.90 Å². The second-order valence-corrected chi connectivity index (χ2v) is 6.60. The lowest BCUT2D eigenvalue weighted by molar-refractivity contribution is -0.118. The normalized spacial score (nSPS) is 33.4. The first-order valence-electron chi connectivity index (χ1n) is 7.86. The minimum absolute atomic E-state index is 0.304. The Hall–Kier alpha value is -1.35. The topological polar surface area (TPSA) is 23.6 Å². The summed E-state index contributed by atoms with van der Waals surface area (Å²) in [7, 11) is 2.27. The van der Waals surface area contributed by atoms with Crippen LogP contribution in [-0.2, 0) is 11.2 Å². The van der Waals surface area contributed by atoms with Gasteiger partial charge in [0.1, 0.15) is 0 Å². The van der Waals surface area contributed by atoms with Crippen molar-refractivity contribution in [3.63, 3.8) is 0 Å². The van der Waals surface area contributed by atoms with E-state index in [1.54, 1.807) is 0 Å². The van der Waals surface area contributed by atoms with Gasteiger partial charge in [-0.15, -0.1) is 0 Å². The molecule has 2 bridgehead atoms. The van der Waals surface area contributed by atoms with Crippen LogP contribution in [0.3, 0.4) is 0 Å². The lowest BCUT2D eigenvalue weighted by Crippen LogP contribution is -2.56. The number of hydrogen-bond donors (Lipinski definition) is 0. The van der Waals surface area contributed by atoms with Crippen LogP contribution in [0, 0.1) is 0 Å². The summed E-state index contributed by atoms with van der Waals surface area (Å²) < 4.78 is 0. The van der Waals surface area contributed by atoms with Crippen molar-refractivity contribution in [2.24, 2.45) is 0 Å². The molecule has 106 valence electrons.